The number of halogens is 1. The number of amides is 1. The van der Waals surface area contributed by atoms with Crippen molar-refractivity contribution in [2.45, 2.75) is 25.8 Å². The van der Waals surface area contributed by atoms with Gasteiger partial charge in [-0.1, -0.05) is 45.8 Å². The number of rotatable bonds is 5. The first kappa shape index (κ1) is 17.2. The summed E-state index contributed by atoms with van der Waals surface area (Å²) in [6.07, 6.45) is 2.48. The van der Waals surface area contributed by atoms with Gasteiger partial charge in [0, 0.05) is 16.6 Å². The van der Waals surface area contributed by atoms with Crippen LogP contribution in [0.4, 0.5) is 0 Å². The zero-order chi connectivity index (χ0) is 16.9. The lowest BCUT2D eigenvalue weighted by molar-refractivity contribution is 0.0938. The van der Waals surface area contributed by atoms with Crippen LogP contribution < -0.4 is 5.32 Å². The molecule has 1 aliphatic heterocycles. The molecule has 0 unspecified atom stereocenters. The van der Waals surface area contributed by atoms with Crippen molar-refractivity contribution in [3.63, 3.8) is 0 Å². The van der Waals surface area contributed by atoms with Gasteiger partial charge in [0.25, 0.3) is 5.91 Å². The van der Waals surface area contributed by atoms with Crippen LogP contribution in [-0.4, -0.2) is 30.4 Å². The number of carbonyl (C=O) groups is 1. The fraction of sp³-hybridized carbons (Fsp3) is 0.350. The zero-order valence-electron chi connectivity index (χ0n) is 14.0. The first-order chi connectivity index (χ1) is 11.6. The highest BCUT2D eigenvalue weighted by Crippen LogP contribution is 2.25. The van der Waals surface area contributed by atoms with Gasteiger partial charge in [-0.15, -0.1) is 0 Å². The van der Waals surface area contributed by atoms with Crippen molar-refractivity contribution in [1.29, 1.82) is 0 Å². The summed E-state index contributed by atoms with van der Waals surface area (Å²) in [5.74, 6) is -0.0150. The van der Waals surface area contributed by atoms with E-state index in [1.165, 1.54) is 24.0 Å². The van der Waals surface area contributed by atoms with Gasteiger partial charge < -0.3 is 5.32 Å². The van der Waals surface area contributed by atoms with Gasteiger partial charge >= 0.3 is 0 Å². The molecule has 0 aliphatic carbocycles. The summed E-state index contributed by atoms with van der Waals surface area (Å²) in [6.45, 7) is 4.95. The van der Waals surface area contributed by atoms with Crippen LogP contribution in [0.25, 0.3) is 0 Å². The molecule has 1 amide bonds. The lowest BCUT2D eigenvalue weighted by Crippen LogP contribution is -2.36. The maximum atomic E-state index is 12.4. The number of aryl methyl sites for hydroxylation is 1. The molecule has 3 nitrogen and oxygen atoms in total. The van der Waals surface area contributed by atoms with E-state index >= 15 is 0 Å². The second kappa shape index (κ2) is 7.95. The van der Waals surface area contributed by atoms with Crippen LogP contribution in [0.15, 0.2) is 53.0 Å². The Hall–Kier alpha value is -1.65. The lowest BCUT2D eigenvalue weighted by atomic mass is 10.0. The van der Waals surface area contributed by atoms with Gasteiger partial charge in [0.15, 0.2) is 0 Å². The summed E-state index contributed by atoms with van der Waals surface area (Å²) < 4.78 is 0.980. The molecule has 0 aromatic heterocycles. The third-order valence-corrected chi connectivity index (χ3v) is 5.13. The lowest BCUT2D eigenvalue weighted by Gasteiger charge is -2.28. The Balaban J connectivity index is 1.70. The topological polar surface area (TPSA) is 32.3 Å². The smallest absolute Gasteiger partial charge is 0.251 e. The highest BCUT2D eigenvalue weighted by molar-refractivity contribution is 9.10. The van der Waals surface area contributed by atoms with Crippen molar-refractivity contribution in [2.75, 3.05) is 19.6 Å². The van der Waals surface area contributed by atoms with Crippen LogP contribution in [0.3, 0.4) is 0 Å². The fourth-order valence-corrected chi connectivity index (χ4v) is 3.46. The summed E-state index contributed by atoms with van der Waals surface area (Å²) in [6, 6.07) is 16.4. The average Bonchev–Trinajstić information content (AvgIpc) is 3.11. The number of benzene rings is 2. The monoisotopic (exact) mass is 386 g/mol. The number of nitrogens with zero attached hydrogens (tertiary/aromatic N) is 1. The quantitative estimate of drug-likeness (QED) is 0.829. The van der Waals surface area contributed by atoms with E-state index in [2.05, 4.69) is 57.3 Å². The molecule has 24 heavy (non-hydrogen) atoms. The molecule has 1 aliphatic rings. The maximum absolute atomic E-state index is 12.4. The molecule has 1 fully saturated rings. The Labute approximate surface area is 152 Å². The minimum atomic E-state index is -0.0150. The van der Waals surface area contributed by atoms with Crippen molar-refractivity contribution in [1.82, 2.24) is 10.2 Å². The van der Waals surface area contributed by atoms with Crippen LogP contribution in [0.2, 0.25) is 0 Å². The second-order valence-electron chi connectivity index (χ2n) is 6.39. The van der Waals surface area contributed by atoms with Crippen molar-refractivity contribution in [2.24, 2.45) is 0 Å². The molecule has 126 valence electrons. The Morgan fingerprint density at radius 1 is 1.08 bits per heavy atom. The zero-order valence-corrected chi connectivity index (χ0v) is 15.6. The highest BCUT2D eigenvalue weighted by Gasteiger charge is 2.24. The summed E-state index contributed by atoms with van der Waals surface area (Å²) in [7, 11) is 0. The van der Waals surface area contributed by atoms with Crippen LogP contribution in [0.1, 0.15) is 40.4 Å². The van der Waals surface area contributed by atoms with E-state index in [-0.39, 0.29) is 11.9 Å². The third kappa shape index (κ3) is 4.25. The predicted octanol–water partition coefficient (Wildman–Crippen LogP) is 4.32. The standard InChI is InChI=1S/C20H23BrN2O/c1-15-4-6-16(7-5-15)19(23-12-2-3-13-23)14-22-20(24)17-8-10-18(21)11-9-17/h4-11,19H,2-3,12-14H2,1H3,(H,22,24)/t19-/m1/s1. The number of hydrogen-bond acceptors (Lipinski definition) is 2. The molecule has 1 saturated heterocycles. The molecule has 0 radical (unpaired) electrons. The van der Waals surface area contributed by atoms with Gasteiger partial charge in [-0.3, -0.25) is 9.69 Å². The number of carbonyl (C=O) groups excluding carboxylic acids is 1. The van der Waals surface area contributed by atoms with Crippen molar-refractivity contribution >= 4 is 21.8 Å². The Bertz CT molecular complexity index is 676. The summed E-state index contributed by atoms with van der Waals surface area (Å²) in [5.41, 5.74) is 3.23. The molecule has 3 rings (SSSR count). The van der Waals surface area contributed by atoms with Gasteiger partial charge in [-0.2, -0.15) is 0 Å². The Morgan fingerprint density at radius 3 is 2.33 bits per heavy atom. The van der Waals surface area contributed by atoms with E-state index in [0.717, 1.165) is 17.6 Å². The number of likely N-dealkylation sites (tertiary alicyclic amines) is 1. The van der Waals surface area contributed by atoms with Crippen molar-refractivity contribution in [3.8, 4) is 0 Å². The van der Waals surface area contributed by atoms with Crippen molar-refractivity contribution < 1.29 is 4.79 Å². The minimum absolute atomic E-state index is 0.0150. The number of nitrogens with one attached hydrogen (secondary N) is 1. The maximum Gasteiger partial charge on any atom is 0.251 e. The normalized spacial score (nSPS) is 16.1. The van der Waals surface area contributed by atoms with Crippen LogP contribution >= 0.6 is 15.9 Å². The van der Waals surface area contributed by atoms with Gasteiger partial charge in [-0.05, 0) is 62.7 Å². The van der Waals surface area contributed by atoms with E-state index in [0.29, 0.717) is 12.1 Å². The largest absolute Gasteiger partial charge is 0.350 e. The van der Waals surface area contributed by atoms with E-state index in [1.807, 2.05) is 24.3 Å². The van der Waals surface area contributed by atoms with Gasteiger partial charge in [0.2, 0.25) is 0 Å². The fourth-order valence-electron chi connectivity index (χ4n) is 3.19. The first-order valence-electron chi connectivity index (χ1n) is 8.48. The van der Waals surface area contributed by atoms with Crippen molar-refractivity contribution in [3.05, 3.63) is 69.7 Å². The van der Waals surface area contributed by atoms with Gasteiger partial charge in [-0.25, -0.2) is 0 Å². The highest BCUT2D eigenvalue weighted by atomic mass is 79.9. The molecule has 1 N–H and O–H groups in total. The molecule has 0 spiro atoms. The summed E-state index contributed by atoms with van der Waals surface area (Å²) in [5, 5.41) is 3.11. The van der Waals surface area contributed by atoms with Gasteiger partial charge in [0.05, 0.1) is 6.04 Å². The molecule has 4 heteroatoms. The third-order valence-electron chi connectivity index (χ3n) is 4.61. The predicted molar refractivity (Wildman–Crippen MR) is 101 cm³/mol. The minimum Gasteiger partial charge on any atom is -0.350 e. The van der Waals surface area contributed by atoms with Gasteiger partial charge in [0.1, 0.15) is 0 Å². The SMILES string of the molecule is Cc1ccc([C@@H](CNC(=O)c2ccc(Br)cc2)N2CCCC2)cc1. The first-order valence-corrected chi connectivity index (χ1v) is 9.27. The second-order valence-corrected chi connectivity index (χ2v) is 7.30. The number of hydrogen-bond donors (Lipinski definition) is 1. The molecule has 2 aromatic rings. The average molecular weight is 387 g/mol. The van der Waals surface area contributed by atoms with Crippen LogP contribution in [0, 0.1) is 6.92 Å². The molecule has 1 heterocycles. The molecule has 0 saturated carbocycles. The van der Waals surface area contributed by atoms with Crippen LogP contribution in [0.5, 0.6) is 0 Å². The molecule has 0 bridgehead atoms. The van der Waals surface area contributed by atoms with E-state index in [4.69, 9.17) is 0 Å². The molecular formula is C20H23BrN2O. The van der Waals surface area contributed by atoms with E-state index in [9.17, 15) is 4.79 Å². The van der Waals surface area contributed by atoms with E-state index in [1.54, 1.807) is 0 Å². The summed E-state index contributed by atoms with van der Waals surface area (Å²) >= 11 is 3.40. The molecule has 1 atom stereocenters. The molecule has 2 aromatic carbocycles. The molecular weight excluding hydrogens is 364 g/mol. The Morgan fingerprint density at radius 2 is 1.71 bits per heavy atom. The van der Waals surface area contributed by atoms with Crippen LogP contribution in [-0.2, 0) is 0 Å². The summed E-state index contributed by atoms with van der Waals surface area (Å²) in [4.78, 5) is 14.9. The Kier molecular flexibility index (Phi) is 5.69. The van der Waals surface area contributed by atoms with E-state index < -0.39 is 0 Å².